The summed E-state index contributed by atoms with van der Waals surface area (Å²) in [5, 5.41) is 0. The van der Waals surface area contributed by atoms with Crippen molar-refractivity contribution >= 4 is 22.6 Å². The van der Waals surface area contributed by atoms with Gasteiger partial charge in [-0.15, -0.1) is 0 Å². The molecule has 1 aliphatic heterocycles. The monoisotopic (exact) mass is 374 g/mol. The van der Waals surface area contributed by atoms with E-state index in [4.69, 9.17) is 10.6 Å². The zero-order chi connectivity index (χ0) is 14.3. The van der Waals surface area contributed by atoms with Crippen LogP contribution in [-0.2, 0) is 4.74 Å². The van der Waals surface area contributed by atoms with E-state index in [1.807, 2.05) is 0 Å². The largest absolute Gasteiger partial charge is 0.369 e. The summed E-state index contributed by atoms with van der Waals surface area (Å²) in [6.07, 6.45) is 1.000. The Morgan fingerprint density at radius 1 is 1.32 bits per heavy atom. The molecule has 3 nitrogen and oxygen atoms in total. The first-order valence-corrected chi connectivity index (χ1v) is 7.75. The summed E-state index contributed by atoms with van der Waals surface area (Å²) in [7, 11) is 0. The highest BCUT2D eigenvalue weighted by atomic mass is 127. The van der Waals surface area contributed by atoms with Crippen LogP contribution in [-0.4, -0.2) is 11.2 Å². The SMILES string of the molecule is CC1(C)CC(C(NN)c2ccccc2I)C(C)(C)O1. The molecule has 2 atom stereocenters. The maximum absolute atomic E-state index is 6.19. The molecule has 0 spiro atoms. The van der Waals surface area contributed by atoms with Crippen LogP contribution in [0.25, 0.3) is 0 Å². The molecule has 1 saturated heterocycles. The van der Waals surface area contributed by atoms with Crippen molar-refractivity contribution < 1.29 is 4.74 Å². The van der Waals surface area contributed by atoms with Crippen LogP contribution >= 0.6 is 22.6 Å². The van der Waals surface area contributed by atoms with Crippen LogP contribution in [0, 0.1) is 9.49 Å². The van der Waals surface area contributed by atoms with E-state index in [-0.39, 0.29) is 17.2 Å². The molecule has 0 saturated carbocycles. The zero-order valence-corrected chi connectivity index (χ0v) is 14.2. The van der Waals surface area contributed by atoms with Crippen molar-refractivity contribution in [2.24, 2.45) is 11.8 Å². The Kier molecular flexibility index (Phi) is 4.26. The molecule has 4 heteroatoms. The molecule has 0 bridgehead atoms. The molecule has 1 aliphatic rings. The topological polar surface area (TPSA) is 47.3 Å². The number of nitrogens with one attached hydrogen (secondary N) is 1. The lowest BCUT2D eigenvalue weighted by Crippen LogP contribution is -2.41. The fourth-order valence-electron chi connectivity index (χ4n) is 3.27. The van der Waals surface area contributed by atoms with Crippen molar-refractivity contribution in [1.82, 2.24) is 5.43 Å². The first-order valence-electron chi connectivity index (χ1n) is 6.67. The van der Waals surface area contributed by atoms with E-state index in [1.165, 1.54) is 9.13 Å². The highest BCUT2D eigenvalue weighted by molar-refractivity contribution is 14.1. The third-order valence-electron chi connectivity index (χ3n) is 3.97. The molecule has 2 unspecified atom stereocenters. The Balaban J connectivity index is 2.36. The molecule has 0 aliphatic carbocycles. The predicted octanol–water partition coefficient (Wildman–Crippen LogP) is 3.39. The van der Waals surface area contributed by atoms with E-state index in [0.717, 1.165) is 6.42 Å². The highest BCUT2D eigenvalue weighted by Crippen LogP contribution is 2.47. The van der Waals surface area contributed by atoms with Crippen LogP contribution in [0.1, 0.15) is 45.7 Å². The van der Waals surface area contributed by atoms with Crippen molar-refractivity contribution in [2.45, 2.75) is 51.4 Å². The van der Waals surface area contributed by atoms with Gasteiger partial charge >= 0.3 is 0 Å². The standard InChI is InChI=1S/C15H23IN2O/c1-14(2)9-11(15(3,4)19-14)13(18-17)10-7-5-6-8-12(10)16/h5-8,11,13,18H,9,17H2,1-4H3. The molecular formula is C15H23IN2O. The maximum atomic E-state index is 6.19. The number of hydrazine groups is 1. The Morgan fingerprint density at radius 3 is 2.42 bits per heavy atom. The summed E-state index contributed by atoms with van der Waals surface area (Å²) in [6, 6.07) is 8.50. The molecule has 1 heterocycles. The van der Waals surface area contributed by atoms with Gasteiger partial charge in [-0.1, -0.05) is 18.2 Å². The third-order valence-corrected chi connectivity index (χ3v) is 4.95. The molecule has 0 aromatic heterocycles. The van der Waals surface area contributed by atoms with E-state index in [2.05, 4.69) is 80.0 Å². The van der Waals surface area contributed by atoms with E-state index < -0.39 is 0 Å². The molecule has 2 rings (SSSR count). The minimum absolute atomic E-state index is 0.0938. The van der Waals surface area contributed by atoms with Gasteiger partial charge in [0, 0.05) is 9.49 Å². The molecule has 1 fully saturated rings. The van der Waals surface area contributed by atoms with Crippen molar-refractivity contribution in [2.75, 3.05) is 0 Å². The van der Waals surface area contributed by atoms with Gasteiger partial charge in [-0.2, -0.15) is 0 Å². The number of benzene rings is 1. The lowest BCUT2D eigenvalue weighted by atomic mass is 9.79. The Hall–Kier alpha value is -0.170. The third kappa shape index (κ3) is 3.12. The van der Waals surface area contributed by atoms with Gasteiger partial charge in [0.1, 0.15) is 0 Å². The van der Waals surface area contributed by atoms with Crippen LogP contribution in [0.4, 0.5) is 0 Å². The summed E-state index contributed by atoms with van der Waals surface area (Å²) >= 11 is 2.37. The second-order valence-electron chi connectivity index (χ2n) is 6.44. The first-order chi connectivity index (χ1) is 8.77. The molecule has 106 valence electrons. The second-order valence-corrected chi connectivity index (χ2v) is 7.60. The number of hydrogen-bond donors (Lipinski definition) is 2. The highest BCUT2D eigenvalue weighted by Gasteiger charge is 2.49. The van der Waals surface area contributed by atoms with Crippen LogP contribution < -0.4 is 11.3 Å². The van der Waals surface area contributed by atoms with E-state index in [0.29, 0.717) is 5.92 Å². The summed E-state index contributed by atoms with van der Waals surface area (Å²) in [4.78, 5) is 0. The number of ether oxygens (including phenoxy) is 1. The summed E-state index contributed by atoms with van der Waals surface area (Å²) in [5.74, 6) is 6.20. The van der Waals surface area contributed by atoms with E-state index in [9.17, 15) is 0 Å². The predicted molar refractivity (Wildman–Crippen MR) is 86.6 cm³/mol. The summed E-state index contributed by atoms with van der Waals surface area (Å²) in [5.41, 5.74) is 3.99. The van der Waals surface area contributed by atoms with Crippen LogP contribution in [0.2, 0.25) is 0 Å². The van der Waals surface area contributed by atoms with Gasteiger partial charge in [0.25, 0.3) is 0 Å². The first kappa shape index (κ1) is 15.2. The molecule has 19 heavy (non-hydrogen) atoms. The van der Waals surface area contributed by atoms with Gasteiger partial charge in [-0.3, -0.25) is 11.3 Å². The van der Waals surface area contributed by atoms with Crippen LogP contribution in [0.5, 0.6) is 0 Å². The fraction of sp³-hybridized carbons (Fsp3) is 0.600. The van der Waals surface area contributed by atoms with Gasteiger partial charge in [-0.25, -0.2) is 0 Å². The van der Waals surface area contributed by atoms with Crippen molar-refractivity contribution in [3.8, 4) is 0 Å². The number of hydrogen-bond acceptors (Lipinski definition) is 3. The molecule has 0 amide bonds. The normalized spacial score (nSPS) is 26.3. The molecule has 3 N–H and O–H groups in total. The van der Waals surface area contributed by atoms with Crippen molar-refractivity contribution in [3.05, 3.63) is 33.4 Å². The van der Waals surface area contributed by atoms with Gasteiger partial charge in [0.05, 0.1) is 17.2 Å². The maximum Gasteiger partial charge on any atom is 0.0681 e. The fourth-order valence-corrected chi connectivity index (χ4v) is 4.00. The Labute approximate surface area is 129 Å². The van der Waals surface area contributed by atoms with E-state index in [1.54, 1.807) is 0 Å². The molecule has 0 radical (unpaired) electrons. The average molecular weight is 374 g/mol. The summed E-state index contributed by atoms with van der Waals surface area (Å²) < 4.78 is 7.43. The van der Waals surface area contributed by atoms with Gasteiger partial charge in [0.15, 0.2) is 0 Å². The Bertz CT molecular complexity index is 459. The average Bonchev–Trinajstić information content (AvgIpc) is 2.51. The van der Waals surface area contributed by atoms with E-state index >= 15 is 0 Å². The van der Waals surface area contributed by atoms with Gasteiger partial charge in [-0.05, 0) is 68.3 Å². The number of nitrogens with two attached hydrogens (primary N) is 1. The minimum Gasteiger partial charge on any atom is -0.369 e. The molecular weight excluding hydrogens is 351 g/mol. The van der Waals surface area contributed by atoms with Gasteiger partial charge < -0.3 is 4.74 Å². The van der Waals surface area contributed by atoms with Crippen molar-refractivity contribution in [3.63, 3.8) is 0 Å². The molecule has 1 aromatic carbocycles. The minimum atomic E-state index is -0.181. The lowest BCUT2D eigenvalue weighted by Gasteiger charge is -2.33. The zero-order valence-electron chi connectivity index (χ0n) is 12.0. The number of rotatable bonds is 3. The lowest BCUT2D eigenvalue weighted by molar-refractivity contribution is -0.0779. The van der Waals surface area contributed by atoms with Gasteiger partial charge in [0.2, 0.25) is 0 Å². The second kappa shape index (κ2) is 5.31. The summed E-state index contributed by atoms with van der Waals surface area (Å²) in [6.45, 7) is 8.62. The quantitative estimate of drug-likeness (QED) is 0.485. The van der Waals surface area contributed by atoms with Crippen LogP contribution in [0.15, 0.2) is 24.3 Å². The number of halogens is 1. The van der Waals surface area contributed by atoms with Crippen molar-refractivity contribution in [1.29, 1.82) is 0 Å². The Morgan fingerprint density at radius 2 is 1.95 bits per heavy atom. The smallest absolute Gasteiger partial charge is 0.0681 e. The van der Waals surface area contributed by atoms with Crippen LogP contribution in [0.3, 0.4) is 0 Å². The molecule has 1 aromatic rings.